The highest BCUT2D eigenvalue weighted by Gasteiger charge is 2.47. The third kappa shape index (κ3) is 4.34. The molecule has 0 unspecified atom stereocenters. The fourth-order valence-electron chi connectivity index (χ4n) is 5.17. The third-order valence-corrected chi connectivity index (χ3v) is 6.58. The number of rotatable bonds is 4. The Kier molecular flexibility index (Phi) is 6.05. The van der Waals surface area contributed by atoms with Gasteiger partial charge in [-0.25, -0.2) is 9.69 Å². The van der Waals surface area contributed by atoms with Crippen LogP contribution < -0.4 is 4.90 Å². The standard InChI is InChI=1S/C26H25ClN2O6/c1-25(2)12-16(30)13-26(3,4)29(25)21(31)14-35-24(34)15-9-10-17-18(11-15)23(33)28(22(17)32)20-8-6-5-7-19(20)27/h5-11H,12-14H2,1-4H3. The summed E-state index contributed by atoms with van der Waals surface area (Å²) in [6.07, 6.45) is 0.442. The smallest absolute Gasteiger partial charge is 0.338 e. The van der Waals surface area contributed by atoms with Gasteiger partial charge in [0, 0.05) is 23.9 Å². The molecule has 1 fully saturated rings. The van der Waals surface area contributed by atoms with Crippen molar-refractivity contribution in [3.63, 3.8) is 0 Å². The molecule has 0 aromatic heterocycles. The number of imide groups is 1. The van der Waals surface area contributed by atoms with Crippen LogP contribution in [0.25, 0.3) is 0 Å². The summed E-state index contributed by atoms with van der Waals surface area (Å²) < 4.78 is 5.26. The zero-order chi connectivity index (χ0) is 25.7. The number of amides is 3. The molecule has 1 saturated heterocycles. The molecule has 0 bridgehead atoms. The van der Waals surface area contributed by atoms with Crippen molar-refractivity contribution in [2.45, 2.75) is 51.6 Å². The lowest BCUT2D eigenvalue weighted by molar-refractivity contribution is -0.156. The summed E-state index contributed by atoms with van der Waals surface area (Å²) in [7, 11) is 0. The average Bonchev–Trinajstić information content (AvgIpc) is 3.00. The molecule has 2 aromatic rings. The van der Waals surface area contributed by atoms with Crippen LogP contribution in [0.4, 0.5) is 5.69 Å². The maximum absolute atomic E-state index is 13.0. The van der Waals surface area contributed by atoms with E-state index in [0.29, 0.717) is 0 Å². The van der Waals surface area contributed by atoms with Gasteiger partial charge in [0.2, 0.25) is 0 Å². The SMILES string of the molecule is CC1(C)CC(=O)CC(C)(C)N1C(=O)COC(=O)c1ccc2c(c1)C(=O)N(c1ccccc1Cl)C2=O. The van der Waals surface area contributed by atoms with Crippen LogP contribution in [0, 0.1) is 0 Å². The lowest BCUT2D eigenvalue weighted by Gasteiger charge is -2.51. The Labute approximate surface area is 207 Å². The molecule has 0 N–H and O–H groups in total. The van der Waals surface area contributed by atoms with Crippen molar-refractivity contribution in [3.8, 4) is 0 Å². The Balaban J connectivity index is 1.51. The number of ketones is 1. The minimum absolute atomic E-state index is 0.0334. The van der Waals surface area contributed by atoms with Crippen molar-refractivity contribution >= 4 is 46.8 Å². The van der Waals surface area contributed by atoms with Gasteiger partial charge in [0.15, 0.2) is 6.61 Å². The van der Waals surface area contributed by atoms with E-state index < -0.39 is 41.4 Å². The number of halogens is 1. The van der Waals surface area contributed by atoms with Crippen molar-refractivity contribution in [1.29, 1.82) is 0 Å². The molecule has 2 heterocycles. The van der Waals surface area contributed by atoms with Crippen molar-refractivity contribution in [3.05, 3.63) is 64.2 Å². The van der Waals surface area contributed by atoms with E-state index in [1.807, 2.05) is 0 Å². The summed E-state index contributed by atoms with van der Waals surface area (Å²) in [4.78, 5) is 66.2. The van der Waals surface area contributed by atoms with Crippen LogP contribution in [0.3, 0.4) is 0 Å². The molecule has 0 spiro atoms. The van der Waals surface area contributed by atoms with Crippen molar-refractivity contribution < 1.29 is 28.7 Å². The number of benzene rings is 2. The van der Waals surface area contributed by atoms with Gasteiger partial charge in [0.25, 0.3) is 17.7 Å². The number of ether oxygens (including phenoxy) is 1. The third-order valence-electron chi connectivity index (χ3n) is 6.26. The zero-order valence-electron chi connectivity index (χ0n) is 19.9. The van der Waals surface area contributed by atoms with E-state index in [9.17, 15) is 24.0 Å². The number of anilines is 1. The topological polar surface area (TPSA) is 101 Å². The number of hydrogen-bond acceptors (Lipinski definition) is 6. The second-order valence-electron chi connectivity index (χ2n) is 9.98. The van der Waals surface area contributed by atoms with Gasteiger partial charge in [-0.05, 0) is 58.0 Å². The number of esters is 1. The summed E-state index contributed by atoms with van der Waals surface area (Å²) >= 11 is 6.17. The summed E-state index contributed by atoms with van der Waals surface area (Å²) in [5.74, 6) is -2.30. The molecule has 2 aliphatic rings. The molecular weight excluding hydrogens is 472 g/mol. The molecule has 182 valence electrons. The largest absolute Gasteiger partial charge is 0.452 e. The molecule has 9 heteroatoms. The summed E-state index contributed by atoms with van der Waals surface area (Å²) in [6.45, 7) is 6.70. The van der Waals surface area contributed by atoms with Crippen molar-refractivity contribution in [1.82, 2.24) is 4.90 Å². The first-order valence-corrected chi connectivity index (χ1v) is 11.5. The summed E-state index contributed by atoms with van der Waals surface area (Å²) in [5, 5.41) is 0.241. The summed E-state index contributed by atoms with van der Waals surface area (Å²) in [5.41, 5.74) is -0.960. The fourth-order valence-corrected chi connectivity index (χ4v) is 5.40. The number of para-hydroxylation sites is 1. The van der Waals surface area contributed by atoms with Crippen LogP contribution in [-0.2, 0) is 14.3 Å². The van der Waals surface area contributed by atoms with Crippen LogP contribution in [0.1, 0.15) is 71.6 Å². The van der Waals surface area contributed by atoms with Gasteiger partial charge in [-0.2, -0.15) is 0 Å². The molecule has 4 rings (SSSR count). The van der Waals surface area contributed by atoms with Crippen molar-refractivity contribution in [2.24, 2.45) is 0 Å². The number of piperidine rings is 1. The second-order valence-corrected chi connectivity index (χ2v) is 10.4. The number of Topliss-reactive ketones (excluding diaryl/α,β-unsaturated/α-hetero) is 1. The lowest BCUT2D eigenvalue weighted by atomic mass is 9.79. The van der Waals surface area contributed by atoms with Gasteiger partial charge in [0.1, 0.15) is 5.78 Å². The maximum Gasteiger partial charge on any atom is 0.338 e. The van der Waals surface area contributed by atoms with E-state index in [-0.39, 0.29) is 46.0 Å². The maximum atomic E-state index is 13.0. The molecule has 35 heavy (non-hydrogen) atoms. The normalized spacial score (nSPS) is 18.5. The Morgan fingerprint density at radius 2 is 1.51 bits per heavy atom. The predicted molar refractivity (Wildman–Crippen MR) is 129 cm³/mol. The van der Waals surface area contributed by atoms with Crippen molar-refractivity contribution in [2.75, 3.05) is 11.5 Å². The first-order valence-electron chi connectivity index (χ1n) is 11.1. The van der Waals surface area contributed by atoms with E-state index in [0.717, 1.165) is 4.90 Å². The number of carbonyl (C=O) groups excluding carboxylic acids is 5. The lowest BCUT2D eigenvalue weighted by Crippen LogP contribution is -2.63. The monoisotopic (exact) mass is 496 g/mol. The van der Waals surface area contributed by atoms with E-state index in [1.54, 1.807) is 56.9 Å². The van der Waals surface area contributed by atoms with E-state index in [4.69, 9.17) is 16.3 Å². The zero-order valence-corrected chi connectivity index (χ0v) is 20.6. The van der Waals surface area contributed by atoms with Gasteiger partial charge >= 0.3 is 5.97 Å². The number of likely N-dealkylation sites (tertiary alicyclic amines) is 1. The quantitative estimate of drug-likeness (QED) is 0.467. The number of hydrogen-bond donors (Lipinski definition) is 0. The summed E-state index contributed by atoms with van der Waals surface area (Å²) in [6, 6.07) is 10.5. The highest BCUT2D eigenvalue weighted by atomic mass is 35.5. The minimum atomic E-state index is -0.804. The fraction of sp³-hybridized carbons (Fsp3) is 0.346. The van der Waals surface area contributed by atoms with E-state index in [1.165, 1.54) is 18.2 Å². The van der Waals surface area contributed by atoms with Gasteiger partial charge in [-0.1, -0.05) is 23.7 Å². The minimum Gasteiger partial charge on any atom is -0.452 e. The number of fused-ring (bicyclic) bond motifs is 1. The molecule has 3 amide bonds. The molecule has 0 atom stereocenters. The molecule has 2 aliphatic heterocycles. The van der Waals surface area contributed by atoms with E-state index >= 15 is 0 Å². The van der Waals surface area contributed by atoms with Crippen LogP contribution in [-0.4, -0.2) is 52.1 Å². The first kappa shape index (κ1) is 24.6. The molecule has 0 aliphatic carbocycles. The molecule has 0 saturated carbocycles. The Morgan fingerprint density at radius 1 is 0.914 bits per heavy atom. The Bertz CT molecular complexity index is 1260. The number of carbonyl (C=O) groups is 5. The van der Waals surface area contributed by atoms with Crippen LogP contribution in [0.5, 0.6) is 0 Å². The van der Waals surface area contributed by atoms with Crippen LogP contribution in [0.15, 0.2) is 42.5 Å². The van der Waals surface area contributed by atoms with Gasteiger partial charge < -0.3 is 9.64 Å². The second kappa shape index (κ2) is 8.61. The molecule has 2 aromatic carbocycles. The highest BCUT2D eigenvalue weighted by Crippen LogP contribution is 2.37. The number of nitrogens with zero attached hydrogens (tertiary/aromatic N) is 2. The van der Waals surface area contributed by atoms with Gasteiger partial charge in [-0.15, -0.1) is 0 Å². The Hall–Kier alpha value is -3.52. The van der Waals surface area contributed by atoms with E-state index in [2.05, 4.69) is 0 Å². The van der Waals surface area contributed by atoms with Gasteiger partial charge in [-0.3, -0.25) is 19.2 Å². The Morgan fingerprint density at radius 3 is 2.14 bits per heavy atom. The van der Waals surface area contributed by atoms with Crippen LogP contribution in [0.2, 0.25) is 5.02 Å². The first-order chi connectivity index (χ1) is 16.3. The molecular formula is C26H25ClN2O6. The predicted octanol–water partition coefficient (Wildman–Crippen LogP) is 4.05. The van der Waals surface area contributed by atoms with Gasteiger partial charge in [0.05, 0.1) is 27.4 Å². The highest BCUT2D eigenvalue weighted by molar-refractivity contribution is 6.39. The average molecular weight is 497 g/mol. The molecule has 0 radical (unpaired) electrons. The van der Waals surface area contributed by atoms with Crippen LogP contribution >= 0.6 is 11.6 Å². The molecule has 8 nitrogen and oxygen atoms in total.